The smallest absolute Gasteiger partial charge is 0.288 e. The molecule has 0 atom stereocenters. The van der Waals surface area contributed by atoms with Gasteiger partial charge in [0, 0.05) is 6.92 Å². The molecule has 0 aliphatic carbocycles. The molecule has 4 nitrogen and oxygen atoms in total. The van der Waals surface area contributed by atoms with Crippen molar-refractivity contribution in [2.24, 2.45) is 0 Å². The molecule has 0 N–H and O–H groups in total. The van der Waals surface area contributed by atoms with Crippen LogP contribution in [0.5, 0.6) is 0 Å². The average Bonchev–Trinajstić information content (AvgIpc) is 2.23. The Bertz CT molecular complexity index is 519. The third kappa shape index (κ3) is 3.89. The van der Waals surface area contributed by atoms with Crippen LogP contribution < -0.4 is 0 Å². The van der Waals surface area contributed by atoms with E-state index in [9.17, 15) is 19.3 Å². The number of carbonyl (C=O) groups excluding carboxylic acids is 1. The van der Waals surface area contributed by atoms with Gasteiger partial charge in [0.1, 0.15) is 5.56 Å². The zero-order valence-corrected chi connectivity index (χ0v) is 9.71. The van der Waals surface area contributed by atoms with Gasteiger partial charge in [-0.3, -0.25) is 14.9 Å². The van der Waals surface area contributed by atoms with E-state index < -0.39 is 16.4 Å². The molecule has 0 radical (unpaired) electrons. The number of halogens is 1. The molecule has 1 aromatic carbocycles. The Morgan fingerprint density at radius 2 is 2.29 bits per heavy atom. The van der Waals surface area contributed by atoms with Crippen LogP contribution in [0.2, 0.25) is 0 Å². The van der Waals surface area contributed by atoms with E-state index in [-0.39, 0.29) is 16.4 Å². The molecule has 0 aliphatic heterocycles. The quantitative estimate of drug-likeness (QED) is 0.461. The molecular weight excluding hydrogens is 245 g/mol. The number of nitro groups is 1. The van der Waals surface area contributed by atoms with Gasteiger partial charge in [0.15, 0.2) is 5.12 Å². The summed E-state index contributed by atoms with van der Waals surface area (Å²) in [5.74, 6) is 4.37. The summed E-state index contributed by atoms with van der Waals surface area (Å²) >= 11 is 0.993. The molecule has 0 saturated heterocycles. The Labute approximate surface area is 101 Å². The first-order valence-corrected chi connectivity index (χ1v) is 5.56. The van der Waals surface area contributed by atoms with Gasteiger partial charge in [-0.1, -0.05) is 29.7 Å². The molecule has 0 spiro atoms. The Balaban J connectivity index is 2.94. The Morgan fingerprint density at radius 3 is 2.88 bits per heavy atom. The highest BCUT2D eigenvalue weighted by atomic mass is 32.2. The number of carbonyl (C=O) groups is 1. The third-order valence-corrected chi connectivity index (χ3v) is 2.44. The first kappa shape index (κ1) is 13.2. The summed E-state index contributed by atoms with van der Waals surface area (Å²) in [5.41, 5.74) is -0.619. The van der Waals surface area contributed by atoms with Crippen LogP contribution in [0.15, 0.2) is 18.2 Å². The van der Waals surface area contributed by atoms with E-state index in [2.05, 4.69) is 11.8 Å². The summed E-state index contributed by atoms with van der Waals surface area (Å²) in [6.07, 6.45) is 0. The van der Waals surface area contributed by atoms with Gasteiger partial charge in [-0.25, -0.2) is 0 Å². The molecule has 0 amide bonds. The maximum absolute atomic E-state index is 13.2. The van der Waals surface area contributed by atoms with Gasteiger partial charge < -0.3 is 0 Å². The predicted octanol–water partition coefficient (Wildman–Crippen LogP) is 2.37. The first-order chi connectivity index (χ1) is 8.02. The number of nitrogens with zero attached hydrogens (tertiary/aromatic N) is 1. The van der Waals surface area contributed by atoms with E-state index in [4.69, 9.17) is 0 Å². The van der Waals surface area contributed by atoms with E-state index in [1.54, 1.807) is 0 Å². The normalized spacial score (nSPS) is 9.29. The lowest BCUT2D eigenvalue weighted by Crippen LogP contribution is -1.95. The number of nitro benzene ring substituents is 1. The minimum atomic E-state index is -0.916. The molecule has 0 aromatic heterocycles. The number of para-hydroxylation sites is 1. The van der Waals surface area contributed by atoms with Crippen molar-refractivity contribution in [2.45, 2.75) is 6.92 Å². The molecular formula is C11H8FNO3S. The lowest BCUT2D eigenvalue weighted by Gasteiger charge is -1.95. The van der Waals surface area contributed by atoms with Crippen molar-refractivity contribution in [3.63, 3.8) is 0 Å². The molecule has 0 bridgehead atoms. The van der Waals surface area contributed by atoms with Crippen LogP contribution in [0, 0.1) is 27.8 Å². The maximum Gasteiger partial charge on any atom is 0.320 e. The fourth-order valence-corrected chi connectivity index (χ4v) is 1.42. The summed E-state index contributed by atoms with van der Waals surface area (Å²) in [6.45, 7) is 1.40. The van der Waals surface area contributed by atoms with Crippen LogP contribution >= 0.6 is 11.8 Å². The van der Waals surface area contributed by atoms with Gasteiger partial charge in [0.05, 0.1) is 10.7 Å². The van der Waals surface area contributed by atoms with E-state index in [1.807, 2.05) is 0 Å². The molecule has 0 aliphatic rings. The van der Waals surface area contributed by atoms with Crippen LogP contribution in [0.25, 0.3) is 0 Å². The average molecular weight is 253 g/mol. The minimum absolute atomic E-state index is 0.0131. The van der Waals surface area contributed by atoms with Crippen LogP contribution in [-0.2, 0) is 4.79 Å². The second-order valence-electron chi connectivity index (χ2n) is 2.98. The lowest BCUT2D eigenvalue weighted by atomic mass is 10.2. The molecule has 0 saturated carbocycles. The van der Waals surface area contributed by atoms with Gasteiger partial charge in [0.2, 0.25) is 5.82 Å². The summed E-state index contributed by atoms with van der Waals surface area (Å²) in [5, 5.41) is 10.5. The van der Waals surface area contributed by atoms with Crippen molar-refractivity contribution in [3.8, 4) is 11.8 Å². The minimum Gasteiger partial charge on any atom is -0.288 e. The summed E-state index contributed by atoms with van der Waals surface area (Å²) in [7, 11) is 0. The highest BCUT2D eigenvalue weighted by Crippen LogP contribution is 2.21. The van der Waals surface area contributed by atoms with Crippen molar-refractivity contribution >= 4 is 22.6 Å². The van der Waals surface area contributed by atoms with Gasteiger partial charge in [0.25, 0.3) is 0 Å². The number of rotatable bonds is 2. The molecule has 6 heteroatoms. The second kappa shape index (κ2) is 6.01. The molecule has 0 heterocycles. The van der Waals surface area contributed by atoms with E-state index >= 15 is 0 Å². The van der Waals surface area contributed by atoms with E-state index in [0.717, 1.165) is 17.8 Å². The Kier molecular flexibility index (Phi) is 4.67. The van der Waals surface area contributed by atoms with E-state index in [0.29, 0.717) is 0 Å². The van der Waals surface area contributed by atoms with Crippen molar-refractivity contribution in [1.29, 1.82) is 0 Å². The van der Waals surface area contributed by atoms with Gasteiger partial charge >= 0.3 is 5.69 Å². The summed E-state index contributed by atoms with van der Waals surface area (Å²) in [4.78, 5) is 20.4. The monoisotopic (exact) mass is 253 g/mol. The zero-order valence-electron chi connectivity index (χ0n) is 8.90. The summed E-state index contributed by atoms with van der Waals surface area (Å²) < 4.78 is 13.2. The number of benzene rings is 1. The Hall–Kier alpha value is -1.87. The zero-order chi connectivity index (χ0) is 12.8. The van der Waals surface area contributed by atoms with Gasteiger partial charge in [-0.15, -0.1) is 0 Å². The number of hydrogen-bond acceptors (Lipinski definition) is 4. The molecule has 0 unspecified atom stereocenters. The van der Waals surface area contributed by atoms with Crippen molar-refractivity contribution < 1.29 is 14.1 Å². The molecule has 88 valence electrons. The number of thioether (sulfide) groups is 1. The maximum atomic E-state index is 13.2. The predicted molar refractivity (Wildman–Crippen MR) is 63.1 cm³/mol. The SMILES string of the molecule is CC(=O)SCC#Cc1cccc(F)c1[N+](=O)[O-]. The van der Waals surface area contributed by atoms with Crippen molar-refractivity contribution in [3.05, 3.63) is 39.7 Å². The topological polar surface area (TPSA) is 60.2 Å². The van der Waals surface area contributed by atoms with Gasteiger partial charge in [-0.2, -0.15) is 4.39 Å². The molecule has 1 rings (SSSR count). The second-order valence-corrected chi connectivity index (χ2v) is 4.13. The van der Waals surface area contributed by atoms with E-state index in [1.165, 1.54) is 19.1 Å². The first-order valence-electron chi connectivity index (χ1n) is 4.57. The fraction of sp³-hybridized carbons (Fsp3) is 0.182. The van der Waals surface area contributed by atoms with Crippen molar-refractivity contribution in [1.82, 2.24) is 0 Å². The van der Waals surface area contributed by atoms with Crippen molar-refractivity contribution in [2.75, 3.05) is 5.75 Å². The largest absolute Gasteiger partial charge is 0.320 e. The van der Waals surface area contributed by atoms with Gasteiger partial charge in [-0.05, 0) is 12.1 Å². The molecule has 17 heavy (non-hydrogen) atoms. The summed E-state index contributed by atoms with van der Waals surface area (Å²) in [6, 6.07) is 3.73. The Morgan fingerprint density at radius 1 is 1.59 bits per heavy atom. The fourth-order valence-electron chi connectivity index (χ4n) is 1.07. The lowest BCUT2D eigenvalue weighted by molar-refractivity contribution is -0.387. The van der Waals surface area contributed by atoms with Crippen LogP contribution in [0.3, 0.4) is 0 Å². The standard InChI is InChI=1S/C11H8FNO3S/c1-8(14)17-7-3-5-9-4-2-6-10(12)11(9)13(15)16/h2,4,6H,7H2,1H3. The van der Waals surface area contributed by atoms with Crippen LogP contribution in [0.1, 0.15) is 12.5 Å². The van der Waals surface area contributed by atoms with Crippen LogP contribution in [-0.4, -0.2) is 15.8 Å². The highest BCUT2D eigenvalue weighted by Gasteiger charge is 2.17. The highest BCUT2D eigenvalue weighted by molar-refractivity contribution is 8.13. The number of hydrogen-bond donors (Lipinski definition) is 0. The molecule has 0 fully saturated rings. The van der Waals surface area contributed by atoms with Crippen LogP contribution in [0.4, 0.5) is 10.1 Å². The third-order valence-electron chi connectivity index (χ3n) is 1.74. The molecule has 1 aromatic rings.